The van der Waals surface area contributed by atoms with Gasteiger partial charge in [-0.1, -0.05) is 66.2 Å². The van der Waals surface area contributed by atoms with Crippen LogP contribution in [0.1, 0.15) is 5.56 Å². The summed E-state index contributed by atoms with van der Waals surface area (Å²) in [6, 6.07) is 24.5. The summed E-state index contributed by atoms with van der Waals surface area (Å²) in [7, 11) is 0. The van der Waals surface area contributed by atoms with Gasteiger partial charge in [-0.15, -0.1) is 0 Å². The van der Waals surface area contributed by atoms with Gasteiger partial charge in [0.2, 0.25) is 0 Å². The lowest BCUT2D eigenvalue weighted by Crippen LogP contribution is -2.45. The molecule has 148 valence electrons. The zero-order chi connectivity index (χ0) is 20.5. The van der Waals surface area contributed by atoms with Gasteiger partial charge >= 0.3 is 0 Å². The Bertz CT molecular complexity index is 956. The highest BCUT2D eigenvalue weighted by Crippen LogP contribution is 2.29. The normalized spacial score (nSPS) is 10.1. The fraction of sp³-hybridized carbons (Fsp3) is 0.130. The molecular weight excluding hydrogens is 368 g/mol. The van der Waals surface area contributed by atoms with Crippen LogP contribution in [0.5, 0.6) is 11.5 Å². The molecule has 3 aromatic carbocycles. The molecule has 0 bridgehead atoms. The van der Waals surface area contributed by atoms with E-state index in [1.165, 1.54) is 0 Å². The molecule has 0 spiro atoms. The first-order valence-electron chi connectivity index (χ1n) is 9.16. The number of hydrogen-bond acceptors (Lipinski definition) is 4. The van der Waals surface area contributed by atoms with Gasteiger partial charge in [-0.05, 0) is 30.7 Å². The van der Waals surface area contributed by atoms with Crippen molar-refractivity contribution >= 4 is 11.8 Å². The highest BCUT2D eigenvalue weighted by atomic mass is 16.5. The van der Waals surface area contributed by atoms with Gasteiger partial charge in [-0.3, -0.25) is 20.4 Å². The number of aryl methyl sites for hydroxylation is 1. The Balaban J connectivity index is 1.44. The van der Waals surface area contributed by atoms with Crippen molar-refractivity contribution in [3.05, 3.63) is 84.4 Å². The van der Waals surface area contributed by atoms with E-state index in [1.807, 2.05) is 67.6 Å². The number of carbonyl (C=O) groups is 2. The van der Waals surface area contributed by atoms with Gasteiger partial charge in [0.25, 0.3) is 11.8 Å². The fourth-order valence-corrected chi connectivity index (χ4v) is 2.59. The van der Waals surface area contributed by atoms with Crippen molar-refractivity contribution in [2.24, 2.45) is 0 Å². The van der Waals surface area contributed by atoms with E-state index in [4.69, 9.17) is 9.47 Å². The molecule has 0 aliphatic heterocycles. The summed E-state index contributed by atoms with van der Waals surface area (Å²) < 4.78 is 11.0. The van der Waals surface area contributed by atoms with E-state index < -0.39 is 11.8 Å². The molecule has 6 nitrogen and oxygen atoms in total. The molecule has 0 radical (unpaired) electrons. The lowest BCUT2D eigenvalue weighted by atomic mass is 10.1. The molecule has 0 aromatic heterocycles. The van der Waals surface area contributed by atoms with Crippen LogP contribution in [0.15, 0.2) is 78.9 Å². The van der Waals surface area contributed by atoms with Crippen molar-refractivity contribution in [2.45, 2.75) is 6.92 Å². The standard InChI is InChI=1S/C23H22N2O4/c1-17-11-13-19(14-12-17)28-15-22(26)24-25-23(27)16-29-21-10-6-5-9-20(21)18-7-3-2-4-8-18/h2-14H,15-16H2,1H3,(H,24,26)(H,25,27). The third kappa shape index (κ3) is 6.10. The predicted molar refractivity (Wildman–Crippen MR) is 110 cm³/mol. The van der Waals surface area contributed by atoms with Crippen LogP contribution in [-0.4, -0.2) is 25.0 Å². The fourth-order valence-electron chi connectivity index (χ4n) is 2.59. The zero-order valence-corrected chi connectivity index (χ0v) is 16.1. The minimum Gasteiger partial charge on any atom is -0.484 e. The first-order valence-corrected chi connectivity index (χ1v) is 9.16. The first-order chi connectivity index (χ1) is 14.1. The van der Waals surface area contributed by atoms with Gasteiger partial charge in [0.15, 0.2) is 13.2 Å². The van der Waals surface area contributed by atoms with Crippen molar-refractivity contribution < 1.29 is 19.1 Å². The molecule has 0 aliphatic rings. The number of benzene rings is 3. The summed E-state index contributed by atoms with van der Waals surface area (Å²) in [4.78, 5) is 23.8. The van der Waals surface area contributed by atoms with E-state index in [0.29, 0.717) is 11.5 Å². The molecule has 3 rings (SSSR count). The number of carbonyl (C=O) groups excluding carboxylic acids is 2. The third-order valence-electron chi connectivity index (χ3n) is 4.06. The molecule has 2 amide bonds. The maximum atomic E-state index is 12.0. The zero-order valence-electron chi connectivity index (χ0n) is 16.1. The Kier molecular flexibility index (Phi) is 6.84. The topological polar surface area (TPSA) is 76.7 Å². The number of hydrazine groups is 1. The van der Waals surface area contributed by atoms with Crippen molar-refractivity contribution in [3.63, 3.8) is 0 Å². The average molecular weight is 390 g/mol. The van der Waals surface area contributed by atoms with Crippen LogP contribution in [0, 0.1) is 6.92 Å². The molecule has 0 saturated carbocycles. The SMILES string of the molecule is Cc1ccc(OCC(=O)NNC(=O)COc2ccccc2-c2ccccc2)cc1. The minimum atomic E-state index is -0.475. The van der Waals surface area contributed by atoms with Gasteiger partial charge in [-0.25, -0.2) is 0 Å². The molecular formula is C23H22N2O4. The van der Waals surface area contributed by atoms with Gasteiger partial charge in [0.1, 0.15) is 11.5 Å². The van der Waals surface area contributed by atoms with Crippen LogP contribution in [0.2, 0.25) is 0 Å². The second-order valence-electron chi connectivity index (χ2n) is 6.35. The van der Waals surface area contributed by atoms with E-state index in [9.17, 15) is 9.59 Å². The lowest BCUT2D eigenvalue weighted by Gasteiger charge is -2.12. The first kappa shape index (κ1) is 19.9. The number of amides is 2. The summed E-state index contributed by atoms with van der Waals surface area (Å²) in [6.07, 6.45) is 0. The van der Waals surface area contributed by atoms with Crippen LogP contribution < -0.4 is 20.3 Å². The van der Waals surface area contributed by atoms with Gasteiger partial charge in [0, 0.05) is 5.56 Å². The van der Waals surface area contributed by atoms with E-state index >= 15 is 0 Å². The maximum absolute atomic E-state index is 12.0. The van der Waals surface area contributed by atoms with Crippen LogP contribution in [0.25, 0.3) is 11.1 Å². The van der Waals surface area contributed by atoms with Gasteiger partial charge in [0.05, 0.1) is 0 Å². The second kappa shape index (κ2) is 9.94. The largest absolute Gasteiger partial charge is 0.484 e. The molecule has 2 N–H and O–H groups in total. The predicted octanol–water partition coefficient (Wildman–Crippen LogP) is 3.27. The average Bonchev–Trinajstić information content (AvgIpc) is 2.76. The molecule has 29 heavy (non-hydrogen) atoms. The van der Waals surface area contributed by atoms with Gasteiger partial charge < -0.3 is 9.47 Å². The summed E-state index contributed by atoms with van der Waals surface area (Å²) in [5.74, 6) is 0.223. The highest BCUT2D eigenvalue weighted by molar-refractivity contribution is 5.83. The Labute approximate surface area is 169 Å². The lowest BCUT2D eigenvalue weighted by molar-refractivity contribution is -0.131. The van der Waals surface area contributed by atoms with E-state index in [-0.39, 0.29) is 13.2 Å². The summed E-state index contributed by atoms with van der Waals surface area (Å²) in [6.45, 7) is 1.52. The molecule has 0 heterocycles. The molecule has 0 unspecified atom stereocenters. The summed E-state index contributed by atoms with van der Waals surface area (Å²) in [5.41, 5.74) is 7.59. The van der Waals surface area contributed by atoms with Crippen molar-refractivity contribution in [3.8, 4) is 22.6 Å². The van der Waals surface area contributed by atoms with E-state index in [1.54, 1.807) is 18.2 Å². The molecule has 3 aromatic rings. The summed E-state index contributed by atoms with van der Waals surface area (Å²) in [5, 5.41) is 0. The number of para-hydroxylation sites is 1. The minimum absolute atomic E-state index is 0.207. The van der Waals surface area contributed by atoms with Crippen LogP contribution >= 0.6 is 0 Å². The highest BCUT2D eigenvalue weighted by Gasteiger charge is 2.09. The van der Waals surface area contributed by atoms with Crippen molar-refractivity contribution in [1.29, 1.82) is 0 Å². The maximum Gasteiger partial charge on any atom is 0.276 e. The molecule has 0 saturated heterocycles. The van der Waals surface area contributed by atoms with Crippen molar-refractivity contribution in [2.75, 3.05) is 13.2 Å². The monoisotopic (exact) mass is 390 g/mol. The molecule has 0 fully saturated rings. The quantitative estimate of drug-likeness (QED) is 0.607. The van der Waals surface area contributed by atoms with Gasteiger partial charge in [-0.2, -0.15) is 0 Å². The molecule has 6 heteroatoms. The smallest absolute Gasteiger partial charge is 0.276 e. The molecule has 0 atom stereocenters. The van der Waals surface area contributed by atoms with Crippen LogP contribution in [0.4, 0.5) is 0 Å². The summed E-state index contributed by atoms with van der Waals surface area (Å²) >= 11 is 0. The Morgan fingerprint density at radius 1 is 0.724 bits per heavy atom. The van der Waals surface area contributed by atoms with Crippen molar-refractivity contribution in [1.82, 2.24) is 10.9 Å². The number of nitrogens with one attached hydrogen (secondary N) is 2. The third-order valence-corrected chi connectivity index (χ3v) is 4.06. The second-order valence-corrected chi connectivity index (χ2v) is 6.35. The number of hydrogen-bond donors (Lipinski definition) is 2. The Hall–Kier alpha value is -3.80. The Morgan fingerprint density at radius 3 is 2.00 bits per heavy atom. The number of rotatable bonds is 7. The van der Waals surface area contributed by atoms with Crippen LogP contribution in [0.3, 0.4) is 0 Å². The number of ether oxygens (including phenoxy) is 2. The molecule has 0 aliphatic carbocycles. The van der Waals surface area contributed by atoms with E-state index in [0.717, 1.165) is 16.7 Å². The van der Waals surface area contributed by atoms with Crippen LogP contribution in [-0.2, 0) is 9.59 Å². The Morgan fingerprint density at radius 2 is 1.31 bits per heavy atom. The van der Waals surface area contributed by atoms with E-state index in [2.05, 4.69) is 10.9 Å².